The SMILES string of the molecule is O=C(c1ccc(Br)cc1Br)c1cc2[nH]c(=O)[nH]c2cc1Br. The summed E-state index contributed by atoms with van der Waals surface area (Å²) in [7, 11) is 0. The van der Waals surface area contributed by atoms with Gasteiger partial charge in [-0.2, -0.15) is 0 Å². The van der Waals surface area contributed by atoms with Crippen molar-refractivity contribution in [3.63, 3.8) is 0 Å². The Kier molecular flexibility index (Phi) is 3.90. The Hall–Kier alpha value is -1.18. The molecule has 0 spiro atoms. The van der Waals surface area contributed by atoms with Crippen molar-refractivity contribution in [2.24, 2.45) is 0 Å². The quantitative estimate of drug-likeness (QED) is 0.541. The molecule has 0 saturated heterocycles. The predicted octanol–water partition coefficient (Wildman–Crippen LogP) is 4.37. The highest BCUT2D eigenvalue weighted by molar-refractivity contribution is 9.11. The average Bonchev–Trinajstić information content (AvgIpc) is 2.76. The standard InChI is InChI=1S/C14H7Br3N2O2/c15-6-1-2-7(9(16)3-6)13(20)8-4-11-12(5-10(8)17)19-14(21)18-11/h1-5H,(H2,18,19,21). The Morgan fingerprint density at radius 3 is 2.14 bits per heavy atom. The number of halogens is 3. The molecule has 0 radical (unpaired) electrons. The summed E-state index contributed by atoms with van der Waals surface area (Å²) in [5, 5.41) is 0. The van der Waals surface area contributed by atoms with Crippen LogP contribution in [0.15, 0.2) is 48.5 Å². The molecule has 7 heteroatoms. The van der Waals surface area contributed by atoms with Gasteiger partial charge in [0.15, 0.2) is 5.78 Å². The van der Waals surface area contributed by atoms with Crippen LogP contribution in [0.4, 0.5) is 0 Å². The van der Waals surface area contributed by atoms with Crippen LogP contribution >= 0.6 is 47.8 Å². The fourth-order valence-electron chi connectivity index (χ4n) is 2.05. The Balaban J connectivity index is 2.16. The molecular weight excluding hydrogens is 468 g/mol. The Bertz CT molecular complexity index is 928. The van der Waals surface area contributed by atoms with Crippen LogP contribution in [0, 0.1) is 0 Å². The van der Waals surface area contributed by atoms with Gasteiger partial charge < -0.3 is 9.97 Å². The van der Waals surface area contributed by atoms with Gasteiger partial charge in [-0.1, -0.05) is 15.9 Å². The van der Waals surface area contributed by atoms with Crippen molar-refractivity contribution in [3.8, 4) is 0 Å². The molecule has 0 saturated carbocycles. The minimum atomic E-state index is -0.300. The van der Waals surface area contributed by atoms with Crippen molar-refractivity contribution in [2.75, 3.05) is 0 Å². The summed E-state index contributed by atoms with van der Waals surface area (Å²) in [4.78, 5) is 29.3. The largest absolute Gasteiger partial charge is 0.323 e. The van der Waals surface area contributed by atoms with Crippen LogP contribution in [0.5, 0.6) is 0 Å². The first kappa shape index (κ1) is 14.7. The first-order valence-corrected chi connectivity index (χ1v) is 8.25. The summed E-state index contributed by atoms with van der Waals surface area (Å²) in [6.07, 6.45) is 0. The lowest BCUT2D eigenvalue weighted by Crippen LogP contribution is -2.03. The first-order chi connectivity index (χ1) is 9.95. The highest BCUT2D eigenvalue weighted by atomic mass is 79.9. The smallest absolute Gasteiger partial charge is 0.306 e. The van der Waals surface area contributed by atoms with E-state index in [0.717, 1.165) is 4.47 Å². The molecule has 3 aromatic rings. The zero-order chi connectivity index (χ0) is 15.1. The third kappa shape index (κ3) is 2.77. The van der Waals surface area contributed by atoms with E-state index in [1.165, 1.54) is 0 Å². The summed E-state index contributed by atoms with van der Waals surface area (Å²) in [5.74, 6) is -0.134. The lowest BCUT2D eigenvalue weighted by molar-refractivity contribution is 0.103. The molecule has 4 nitrogen and oxygen atoms in total. The number of ketones is 1. The van der Waals surface area contributed by atoms with Crippen molar-refractivity contribution in [1.29, 1.82) is 0 Å². The Morgan fingerprint density at radius 2 is 1.48 bits per heavy atom. The molecule has 0 fully saturated rings. The number of hydrogen-bond donors (Lipinski definition) is 2. The molecule has 0 unspecified atom stereocenters. The van der Waals surface area contributed by atoms with E-state index in [4.69, 9.17) is 0 Å². The summed E-state index contributed by atoms with van der Waals surface area (Å²) in [6, 6.07) is 8.74. The average molecular weight is 475 g/mol. The molecule has 0 amide bonds. The van der Waals surface area contributed by atoms with Crippen LogP contribution in [0.1, 0.15) is 15.9 Å². The zero-order valence-electron chi connectivity index (χ0n) is 10.3. The number of carbonyl (C=O) groups is 1. The second-order valence-electron chi connectivity index (χ2n) is 4.41. The number of imidazole rings is 1. The van der Waals surface area contributed by atoms with Gasteiger partial charge in [0.25, 0.3) is 0 Å². The molecule has 2 aromatic carbocycles. The molecule has 0 aliphatic rings. The van der Waals surface area contributed by atoms with Crippen molar-refractivity contribution >= 4 is 64.6 Å². The minimum Gasteiger partial charge on any atom is -0.306 e. The third-order valence-corrected chi connectivity index (χ3v) is 4.83. The van der Waals surface area contributed by atoms with Gasteiger partial charge in [0.2, 0.25) is 0 Å². The molecule has 0 aliphatic carbocycles. The highest BCUT2D eigenvalue weighted by Gasteiger charge is 2.17. The van der Waals surface area contributed by atoms with Crippen molar-refractivity contribution in [2.45, 2.75) is 0 Å². The van der Waals surface area contributed by atoms with E-state index in [1.54, 1.807) is 18.2 Å². The molecule has 21 heavy (non-hydrogen) atoms. The maximum absolute atomic E-state index is 12.7. The van der Waals surface area contributed by atoms with Crippen LogP contribution in [0.2, 0.25) is 0 Å². The maximum Gasteiger partial charge on any atom is 0.323 e. The molecule has 0 atom stereocenters. The second-order valence-corrected chi connectivity index (χ2v) is 7.03. The van der Waals surface area contributed by atoms with E-state index in [-0.39, 0.29) is 11.5 Å². The summed E-state index contributed by atoms with van der Waals surface area (Å²) >= 11 is 10.1. The number of aromatic amines is 2. The molecule has 2 N–H and O–H groups in total. The normalized spacial score (nSPS) is 11.0. The third-order valence-electron chi connectivity index (χ3n) is 3.02. The predicted molar refractivity (Wildman–Crippen MR) is 91.9 cm³/mol. The van der Waals surface area contributed by atoms with Gasteiger partial charge in [-0.25, -0.2) is 4.79 Å². The number of benzene rings is 2. The van der Waals surface area contributed by atoms with Crippen LogP contribution in [-0.2, 0) is 0 Å². The zero-order valence-corrected chi connectivity index (χ0v) is 15.1. The van der Waals surface area contributed by atoms with E-state index in [0.29, 0.717) is 31.1 Å². The summed E-state index contributed by atoms with van der Waals surface area (Å²) in [6.45, 7) is 0. The van der Waals surface area contributed by atoms with Crippen molar-refractivity contribution in [3.05, 3.63) is 65.4 Å². The number of rotatable bonds is 2. The van der Waals surface area contributed by atoms with E-state index >= 15 is 0 Å². The van der Waals surface area contributed by atoms with E-state index in [1.807, 2.05) is 12.1 Å². The minimum absolute atomic E-state index is 0.134. The fraction of sp³-hybridized carbons (Fsp3) is 0. The van der Waals surface area contributed by atoms with Crippen molar-refractivity contribution < 1.29 is 4.79 Å². The highest BCUT2D eigenvalue weighted by Crippen LogP contribution is 2.28. The number of carbonyl (C=O) groups excluding carboxylic acids is 1. The Morgan fingerprint density at radius 1 is 0.857 bits per heavy atom. The van der Waals surface area contributed by atoms with Crippen LogP contribution in [0.25, 0.3) is 11.0 Å². The van der Waals surface area contributed by atoms with Crippen LogP contribution in [-0.4, -0.2) is 15.8 Å². The number of nitrogens with one attached hydrogen (secondary N) is 2. The molecule has 0 aliphatic heterocycles. The topological polar surface area (TPSA) is 65.7 Å². The van der Waals surface area contributed by atoms with E-state index < -0.39 is 0 Å². The van der Waals surface area contributed by atoms with Gasteiger partial charge in [-0.15, -0.1) is 0 Å². The van der Waals surface area contributed by atoms with Crippen molar-refractivity contribution in [1.82, 2.24) is 9.97 Å². The molecule has 1 heterocycles. The lowest BCUT2D eigenvalue weighted by atomic mass is 10.0. The van der Waals surface area contributed by atoms with Gasteiger partial charge in [-0.3, -0.25) is 4.79 Å². The number of H-pyrrole nitrogens is 2. The van der Waals surface area contributed by atoms with Crippen LogP contribution < -0.4 is 5.69 Å². The van der Waals surface area contributed by atoms with Gasteiger partial charge >= 0.3 is 5.69 Å². The summed E-state index contributed by atoms with van der Waals surface area (Å²) < 4.78 is 2.22. The molecule has 3 rings (SSSR count). The van der Waals surface area contributed by atoms with Crippen LogP contribution in [0.3, 0.4) is 0 Å². The molecular formula is C14H7Br3N2O2. The molecule has 1 aromatic heterocycles. The maximum atomic E-state index is 12.7. The first-order valence-electron chi connectivity index (χ1n) is 5.87. The summed E-state index contributed by atoms with van der Waals surface area (Å²) in [5.41, 5.74) is 1.99. The van der Waals surface area contributed by atoms with E-state index in [9.17, 15) is 9.59 Å². The van der Waals surface area contributed by atoms with Gasteiger partial charge in [-0.05, 0) is 62.2 Å². The number of hydrogen-bond acceptors (Lipinski definition) is 2. The van der Waals surface area contributed by atoms with Gasteiger partial charge in [0.05, 0.1) is 11.0 Å². The van der Waals surface area contributed by atoms with Gasteiger partial charge in [0, 0.05) is 24.5 Å². The second kappa shape index (κ2) is 5.55. The lowest BCUT2D eigenvalue weighted by Gasteiger charge is -2.07. The fourth-order valence-corrected chi connectivity index (χ4v) is 3.80. The monoisotopic (exact) mass is 472 g/mol. The number of aromatic nitrogens is 2. The van der Waals surface area contributed by atoms with Gasteiger partial charge in [0.1, 0.15) is 0 Å². The molecule has 0 bridgehead atoms. The van der Waals surface area contributed by atoms with E-state index in [2.05, 4.69) is 57.8 Å². The Labute approximate surface area is 144 Å². The molecule has 106 valence electrons. The number of fused-ring (bicyclic) bond motifs is 1.